The highest BCUT2D eigenvalue weighted by atomic mass is 32.1. The number of rotatable bonds is 7. The Morgan fingerprint density at radius 2 is 2.00 bits per heavy atom. The molecule has 0 spiro atoms. The first-order valence-corrected chi connectivity index (χ1v) is 12.2. The van der Waals surface area contributed by atoms with Gasteiger partial charge in [-0.1, -0.05) is 0 Å². The summed E-state index contributed by atoms with van der Waals surface area (Å²) in [5.41, 5.74) is 8.05. The number of nitrogens with two attached hydrogens (primary N) is 1. The van der Waals surface area contributed by atoms with Gasteiger partial charge < -0.3 is 15.8 Å². The van der Waals surface area contributed by atoms with Gasteiger partial charge in [0.15, 0.2) is 0 Å². The summed E-state index contributed by atoms with van der Waals surface area (Å²) in [5, 5.41) is 3.98. The minimum Gasteiger partial charge on any atom is -0.488 e. The Labute approximate surface area is 206 Å². The minimum absolute atomic E-state index is 0.0270. The van der Waals surface area contributed by atoms with Crippen molar-refractivity contribution in [1.29, 1.82) is 0 Å². The molecule has 35 heavy (non-hydrogen) atoms. The Kier molecular flexibility index (Phi) is 6.56. The quantitative estimate of drug-likeness (QED) is 0.393. The van der Waals surface area contributed by atoms with Crippen molar-refractivity contribution in [1.82, 2.24) is 19.9 Å². The number of aromatic nitrogens is 3. The van der Waals surface area contributed by atoms with Gasteiger partial charge in [0.1, 0.15) is 34.6 Å². The van der Waals surface area contributed by atoms with Crippen LogP contribution in [0.1, 0.15) is 33.6 Å². The number of ether oxygens (including phenoxy) is 1. The number of piperidine rings is 1. The molecule has 0 unspecified atom stereocenters. The van der Waals surface area contributed by atoms with Crippen LogP contribution in [-0.4, -0.2) is 45.0 Å². The van der Waals surface area contributed by atoms with Crippen molar-refractivity contribution < 1.29 is 13.9 Å². The van der Waals surface area contributed by atoms with Crippen LogP contribution in [0.2, 0.25) is 0 Å². The van der Waals surface area contributed by atoms with Gasteiger partial charge in [-0.05, 0) is 55.2 Å². The van der Waals surface area contributed by atoms with Crippen LogP contribution in [-0.2, 0) is 6.54 Å². The predicted molar refractivity (Wildman–Crippen MR) is 134 cm³/mol. The molecule has 0 atom stereocenters. The lowest BCUT2D eigenvalue weighted by Crippen LogP contribution is -2.37. The maximum Gasteiger partial charge on any atom is 0.259 e. The molecular formula is C25H25FN6O2S. The first-order valence-electron chi connectivity index (χ1n) is 11.4. The van der Waals surface area contributed by atoms with E-state index in [2.05, 4.69) is 25.2 Å². The number of nitrogens with zero attached hydrogens (tertiary/aromatic N) is 4. The molecule has 0 aliphatic carbocycles. The lowest BCUT2D eigenvalue weighted by Gasteiger charge is -2.32. The number of halogens is 1. The third-order valence-electron chi connectivity index (χ3n) is 6.13. The van der Waals surface area contributed by atoms with Gasteiger partial charge in [-0.15, -0.1) is 11.3 Å². The van der Waals surface area contributed by atoms with E-state index >= 15 is 0 Å². The number of carbonyl (C=O) groups excluding carboxylic acids is 1. The maximum atomic E-state index is 14.2. The van der Waals surface area contributed by atoms with Gasteiger partial charge in [-0.2, -0.15) is 0 Å². The molecule has 1 aliphatic heterocycles. The molecule has 3 N–H and O–H groups in total. The van der Waals surface area contributed by atoms with E-state index in [1.807, 2.05) is 19.1 Å². The Hall–Kier alpha value is -3.63. The van der Waals surface area contributed by atoms with Gasteiger partial charge in [0.25, 0.3) is 5.91 Å². The van der Waals surface area contributed by atoms with E-state index < -0.39 is 5.91 Å². The number of thiophene rings is 1. The number of anilines is 2. The van der Waals surface area contributed by atoms with Crippen LogP contribution in [0.4, 0.5) is 15.9 Å². The molecule has 0 saturated carbocycles. The fourth-order valence-electron chi connectivity index (χ4n) is 4.34. The third kappa shape index (κ3) is 5.08. The molecule has 4 aromatic rings. The van der Waals surface area contributed by atoms with E-state index in [4.69, 9.17) is 10.5 Å². The summed E-state index contributed by atoms with van der Waals surface area (Å²) >= 11 is 1.23. The van der Waals surface area contributed by atoms with Crippen molar-refractivity contribution in [2.75, 3.05) is 18.4 Å². The molecule has 3 aromatic heterocycles. The smallest absolute Gasteiger partial charge is 0.259 e. The number of likely N-dealkylation sites (tertiary alicyclic amines) is 1. The molecule has 180 valence electrons. The molecule has 1 fully saturated rings. The molecule has 8 nitrogen and oxygen atoms in total. The molecule has 0 bridgehead atoms. The lowest BCUT2D eigenvalue weighted by molar-refractivity contribution is 0.0970. The number of pyridine rings is 1. The summed E-state index contributed by atoms with van der Waals surface area (Å²) in [7, 11) is 0. The van der Waals surface area contributed by atoms with E-state index in [1.165, 1.54) is 35.4 Å². The SMILES string of the molecule is Cc1c(C(N)=O)sc2ncnc(Nc3ccc(F)cc3OC3CCN(Cc4ccncc4)CC3)c12. The average Bonchev–Trinajstić information content (AvgIpc) is 3.20. The number of amides is 1. The Bertz CT molecular complexity index is 1360. The van der Waals surface area contributed by atoms with Crippen molar-refractivity contribution in [3.8, 4) is 5.75 Å². The molecule has 1 aromatic carbocycles. The molecule has 0 radical (unpaired) electrons. The molecule has 10 heteroatoms. The average molecular weight is 493 g/mol. The van der Waals surface area contributed by atoms with Crippen LogP contribution in [0.5, 0.6) is 5.75 Å². The fraction of sp³-hybridized carbons (Fsp3) is 0.280. The number of fused-ring (bicyclic) bond motifs is 1. The van der Waals surface area contributed by atoms with Gasteiger partial charge in [-0.25, -0.2) is 14.4 Å². The standard InChI is InChI=1S/C25H25FN6O2S/c1-15-21-24(29-14-30-25(21)35-22(15)23(27)33)31-19-3-2-17(26)12-20(19)34-18-6-10-32(11-7-18)13-16-4-8-28-9-5-16/h2-5,8-9,12,14,18H,6-7,10-11,13H2,1H3,(H2,27,33)(H,29,30,31). The van der Waals surface area contributed by atoms with Crippen LogP contribution < -0.4 is 15.8 Å². The summed E-state index contributed by atoms with van der Waals surface area (Å²) in [6.45, 7) is 4.47. The normalized spacial score (nSPS) is 14.8. The van der Waals surface area contributed by atoms with E-state index in [0.29, 0.717) is 37.9 Å². The van der Waals surface area contributed by atoms with Gasteiger partial charge in [-0.3, -0.25) is 14.7 Å². The summed E-state index contributed by atoms with van der Waals surface area (Å²) in [5.74, 6) is 0.0565. The van der Waals surface area contributed by atoms with Crippen molar-refractivity contribution >= 4 is 39.0 Å². The van der Waals surface area contributed by atoms with E-state index in [1.54, 1.807) is 18.5 Å². The monoisotopic (exact) mass is 492 g/mol. The summed E-state index contributed by atoms with van der Waals surface area (Å²) in [6, 6.07) is 8.45. The summed E-state index contributed by atoms with van der Waals surface area (Å²) < 4.78 is 20.4. The minimum atomic E-state index is -0.502. The van der Waals surface area contributed by atoms with Crippen LogP contribution >= 0.6 is 11.3 Å². The number of hydrogen-bond acceptors (Lipinski definition) is 8. The first-order chi connectivity index (χ1) is 17.0. The summed E-state index contributed by atoms with van der Waals surface area (Å²) in [4.78, 5) is 28.0. The Morgan fingerprint density at radius 1 is 1.23 bits per heavy atom. The van der Waals surface area contributed by atoms with Gasteiger partial charge in [0, 0.05) is 38.1 Å². The van der Waals surface area contributed by atoms with Crippen molar-refractivity contribution in [3.63, 3.8) is 0 Å². The number of hydrogen-bond donors (Lipinski definition) is 2. The maximum absolute atomic E-state index is 14.2. The Morgan fingerprint density at radius 3 is 2.74 bits per heavy atom. The highest BCUT2D eigenvalue weighted by Gasteiger charge is 2.23. The van der Waals surface area contributed by atoms with Crippen LogP contribution in [0, 0.1) is 12.7 Å². The lowest BCUT2D eigenvalue weighted by atomic mass is 10.1. The molecule has 4 heterocycles. The number of carbonyl (C=O) groups is 1. The van der Waals surface area contributed by atoms with Crippen molar-refractivity contribution in [3.05, 3.63) is 70.9 Å². The van der Waals surface area contributed by atoms with E-state index in [9.17, 15) is 9.18 Å². The second kappa shape index (κ2) is 9.93. The van der Waals surface area contributed by atoms with Crippen molar-refractivity contribution in [2.24, 2.45) is 5.73 Å². The van der Waals surface area contributed by atoms with Crippen LogP contribution in [0.25, 0.3) is 10.2 Å². The van der Waals surface area contributed by atoms with Gasteiger partial charge >= 0.3 is 0 Å². The molecule has 1 aliphatic rings. The van der Waals surface area contributed by atoms with Crippen molar-refractivity contribution in [2.45, 2.75) is 32.4 Å². The largest absolute Gasteiger partial charge is 0.488 e. The number of benzene rings is 1. The van der Waals surface area contributed by atoms with E-state index in [-0.39, 0.29) is 11.9 Å². The molecular weight excluding hydrogens is 467 g/mol. The third-order valence-corrected chi connectivity index (χ3v) is 7.35. The van der Waals surface area contributed by atoms with Gasteiger partial charge in [0.2, 0.25) is 0 Å². The van der Waals surface area contributed by atoms with Crippen LogP contribution in [0.3, 0.4) is 0 Å². The number of aryl methyl sites for hydroxylation is 1. The number of primary amides is 1. The zero-order valence-corrected chi connectivity index (χ0v) is 20.0. The first kappa shape index (κ1) is 23.1. The predicted octanol–water partition coefficient (Wildman–Crippen LogP) is 4.42. The second-order valence-corrected chi connectivity index (χ2v) is 9.54. The summed E-state index contributed by atoms with van der Waals surface area (Å²) in [6.07, 6.45) is 6.69. The van der Waals surface area contributed by atoms with Crippen LogP contribution in [0.15, 0.2) is 49.1 Å². The topological polar surface area (TPSA) is 106 Å². The zero-order valence-electron chi connectivity index (χ0n) is 19.2. The molecule has 5 rings (SSSR count). The highest BCUT2D eigenvalue weighted by Crippen LogP contribution is 2.37. The Balaban J connectivity index is 1.32. The highest BCUT2D eigenvalue weighted by molar-refractivity contribution is 7.20. The fourth-order valence-corrected chi connectivity index (χ4v) is 5.34. The molecule has 1 saturated heterocycles. The zero-order chi connectivity index (χ0) is 24.4. The number of nitrogens with one attached hydrogen (secondary N) is 1. The van der Waals surface area contributed by atoms with E-state index in [0.717, 1.165) is 32.5 Å². The molecule has 1 amide bonds. The van der Waals surface area contributed by atoms with Gasteiger partial charge in [0.05, 0.1) is 16.0 Å². The second-order valence-electron chi connectivity index (χ2n) is 8.54.